The van der Waals surface area contributed by atoms with Gasteiger partial charge in [-0.05, 0) is 19.1 Å². The number of anilines is 2. The number of para-hydroxylation sites is 1. The van der Waals surface area contributed by atoms with Crippen LogP contribution in [-0.4, -0.2) is 73.3 Å². The van der Waals surface area contributed by atoms with E-state index in [2.05, 4.69) is 14.8 Å². The molecule has 2 aliphatic rings. The molecule has 0 N–H and O–H groups in total. The number of hydrogen-bond donors (Lipinski definition) is 0. The predicted octanol–water partition coefficient (Wildman–Crippen LogP) is 2.33. The third-order valence-electron chi connectivity index (χ3n) is 5.65. The number of hydrogen-bond acceptors (Lipinski definition) is 7. The molecule has 4 heterocycles. The van der Waals surface area contributed by atoms with Crippen molar-refractivity contribution in [2.45, 2.75) is 6.92 Å². The second kappa shape index (κ2) is 7.95. The van der Waals surface area contributed by atoms with Crippen molar-refractivity contribution >= 4 is 28.6 Å². The lowest BCUT2D eigenvalue weighted by molar-refractivity contribution is 0.0716. The van der Waals surface area contributed by atoms with Gasteiger partial charge in [-0.15, -0.1) is 0 Å². The van der Waals surface area contributed by atoms with Crippen LogP contribution in [0.3, 0.4) is 0 Å². The summed E-state index contributed by atoms with van der Waals surface area (Å²) < 4.78 is 11.2. The molecule has 0 bridgehead atoms. The summed E-state index contributed by atoms with van der Waals surface area (Å²) in [7, 11) is 0. The monoisotopic (exact) mass is 407 g/mol. The second-order valence-corrected chi connectivity index (χ2v) is 7.69. The molecule has 0 radical (unpaired) electrons. The smallest absolute Gasteiger partial charge is 0.289 e. The van der Waals surface area contributed by atoms with Crippen LogP contribution >= 0.6 is 0 Å². The van der Waals surface area contributed by atoms with Gasteiger partial charge in [0.2, 0.25) is 5.95 Å². The number of carbonyl (C=O) groups excluding carboxylic acids is 1. The molecule has 30 heavy (non-hydrogen) atoms. The van der Waals surface area contributed by atoms with Crippen molar-refractivity contribution in [2.24, 2.45) is 0 Å². The molecule has 0 unspecified atom stereocenters. The van der Waals surface area contributed by atoms with Crippen LogP contribution in [0.5, 0.6) is 0 Å². The number of carbonyl (C=O) groups is 1. The number of amides is 1. The molecule has 0 saturated carbocycles. The van der Waals surface area contributed by atoms with Gasteiger partial charge < -0.3 is 23.9 Å². The molecular weight excluding hydrogens is 382 g/mol. The molecule has 1 amide bonds. The highest BCUT2D eigenvalue weighted by Crippen LogP contribution is 2.22. The van der Waals surface area contributed by atoms with Crippen molar-refractivity contribution in [1.82, 2.24) is 14.9 Å². The molecule has 3 aromatic rings. The summed E-state index contributed by atoms with van der Waals surface area (Å²) in [6, 6.07) is 11.5. The first-order valence-electron chi connectivity index (χ1n) is 10.4. The number of benzene rings is 1. The standard InChI is InChI=1S/C22H25N5O3/c1-16-14-20(25-10-12-29-13-11-25)24-22(23-16)27-8-6-26(7-9-27)21(28)19-15-17-4-2-3-5-18(17)30-19/h2-5,14-15H,6-13H2,1H3. The van der Waals surface area contributed by atoms with E-state index in [9.17, 15) is 4.79 Å². The molecule has 8 nitrogen and oxygen atoms in total. The van der Waals surface area contributed by atoms with E-state index in [1.807, 2.05) is 48.2 Å². The maximum Gasteiger partial charge on any atom is 0.289 e. The molecular formula is C22H25N5O3. The number of aryl methyl sites for hydroxylation is 1. The van der Waals surface area contributed by atoms with E-state index in [0.29, 0.717) is 31.9 Å². The minimum absolute atomic E-state index is 0.0648. The Morgan fingerprint density at radius 2 is 1.70 bits per heavy atom. The minimum atomic E-state index is -0.0648. The van der Waals surface area contributed by atoms with E-state index >= 15 is 0 Å². The maximum atomic E-state index is 12.9. The maximum absolute atomic E-state index is 12.9. The number of rotatable bonds is 3. The summed E-state index contributed by atoms with van der Waals surface area (Å²) in [5, 5.41) is 0.947. The van der Waals surface area contributed by atoms with Crippen LogP contribution in [0, 0.1) is 6.92 Å². The van der Waals surface area contributed by atoms with Gasteiger partial charge in [0.25, 0.3) is 5.91 Å². The van der Waals surface area contributed by atoms with Crippen LogP contribution in [0.1, 0.15) is 16.2 Å². The Labute approximate surface area is 175 Å². The molecule has 2 aliphatic heterocycles. The van der Waals surface area contributed by atoms with Crippen LogP contribution in [0.4, 0.5) is 11.8 Å². The molecule has 2 fully saturated rings. The fourth-order valence-corrected chi connectivity index (χ4v) is 3.99. The van der Waals surface area contributed by atoms with Gasteiger partial charge in [-0.3, -0.25) is 4.79 Å². The Kier molecular flexibility index (Phi) is 5.00. The summed E-state index contributed by atoms with van der Waals surface area (Å²) in [4.78, 5) is 28.6. The number of piperazine rings is 1. The van der Waals surface area contributed by atoms with Crippen LogP contribution in [-0.2, 0) is 4.74 Å². The second-order valence-electron chi connectivity index (χ2n) is 7.69. The van der Waals surface area contributed by atoms with Crippen LogP contribution in [0.15, 0.2) is 40.8 Å². The zero-order chi connectivity index (χ0) is 20.5. The van der Waals surface area contributed by atoms with Crippen molar-refractivity contribution in [3.05, 3.63) is 47.9 Å². The van der Waals surface area contributed by atoms with E-state index < -0.39 is 0 Å². The lowest BCUT2D eigenvalue weighted by Crippen LogP contribution is -2.49. The van der Waals surface area contributed by atoms with Gasteiger partial charge >= 0.3 is 0 Å². The minimum Gasteiger partial charge on any atom is -0.451 e. The molecule has 156 valence electrons. The molecule has 8 heteroatoms. The van der Waals surface area contributed by atoms with E-state index in [0.717, 1.165) is 54.7 Å². The number of fused-ring (bicyclic) bond motifs is 1. The Morgan fingerprint density at radius 3 is 2.47 bits per heavy atom. The summed E-state index contributed by atoms with van der Waals surface area (Å²) in [6.45, 7) is 7.74. The van der Waals surface area contributed by atoms with Gasteiger partial charge in [-0.2, -0.15) is 4.98 Å². The first-order valence-corrected chi connectivity index (χ1v) is 10.4. The van der Waals surface area contributed by atoms with Gasteiger partial charge in [0.05, 0.1) is 13.2 Å². The molecule has 0 atom stereocenters. The third-order valence-corrected chi connectivity index (χ3v) is 5.65. The normalized spacial score (nSPS) is 17.6. The zero-order valence-corrected chi connectivity index (χ0v) is 17.1. The van der Waals surface area contributed by atoms with Crippen molar-refractivity contribution in [3.63, 3.8) is 0 Å². The van der Waals surface area contributed by atoms with Crippen LogP contribution < -0.4 is 9.80 Å². The van der Waals surface area contributed by atoms with Crippen molar-refractivity contribution in [1.29, 1.82) is 0 Å². The quantitative estimate of drug-likeness (QED) is 0.660. The number of morpholine rings is 1. The van der Waals surface area contributed by atoms with Gasteiger partial charge in [-0.1, -0.05) is 18.2 Å². The fourth-order valence-electron chi connectivity index (χ4n) is 3.99. The fraction of sp³-hybridized carbons (Fsp3) is 0.409. The van der Waals surface area contributed by atoms with Gasteiger partial charge in [0.1, 0.15) is 11.4 Å². The van der Waals surface area contributed by atoms with Crippen LogP contribution in [0.25, 0.3) is 11.0 Å². The van der Waals surface area contributed by atoms with Crippen molar-refractivity contribution in [2.75, 3.05) is 62.3 Å². The van der Waals surface area contributed by atoms with Gasteiger partial charge in [-0.25, -0.2) is 4.98 Å². The largest absolute Gasteiger partial charge is 0.451 e. The summed E-state index contributed by atoms with van der Waals surface area (Å²) in [5.41, 5.74) is 1.69. The highest BCUT2D eigenvalue weighted by Gasteiger charge is 2.26. The first kappa shape index (κ1) is 18.9. The Morgan fingerprint density at radius 1 is 0.933 bits per heavy atom. The lowest BCUT2D eigenvalue weighted by atomic mass is 10.2. The average Bonchev–Trinajstić information content (AvgIpc) is 3.23. The Bertz CT molecular complexity index is 1020. The van der Waals surface area contributed by atoms with E-state index in [1.54, 1.807) is 0 Å². The highest BCUT2D eigenvalue weighted by molar-refractivity contribution is 5.96. The highest BCUT2D eigenvalue weighted by atomic mass is 16.5. The topological polar surface area (TPSA) is 74.9 Å². The third kappa shape index (κ3) is 3.70. The number of furan rings is 1. The summed E-state index contributed by atoms with van der Waals surface area (Å²) in [6.07, 6.45) is 0. The Balaban J connectivity index is 1.27. The first-order chi connectivity index (χ1) is 14.7. The van der Waals surface area contributed by atoms with E-state index in [4.69, 9.17) is 14.1 Å². The van der Waals surface area contributed by atoms with E-state index in [1.165, 1.54) is 0 Å². The average molecular weight is 407 g/mol. The number of nitrogens with zero attached hydrogens (tertiary/aromatic N) is 5. The van der Waals surface area contributed by atoms with Gasteiger partial charge in [0.15, 0.2) is 5.76 Å². The molecule has 5 rings (SSSR count). The summed E-state index contributed by atoms with van der Waals surface area (Å²) in [5.74, 6) is 2.00. The number of aromatic nitrogens is 2. The summed E-state index contributed by atoms with van der Waals surface area (Å²) >= 11 is 0. The molecule has 1 aromatic carbocycles. The zero-order valence-electron chi connectivity index (χ0n) is 17.1. The van der Waals surface area contributed by atoms with Crippen LogP contribution in [0.2, 0.25) is 0 Å². The predicted molar refractivity (Wildman–Crippen MR) is 114 cm³/mol. The number of ether oxygens (including phenoxy) is 1. The molecule has 0 aliphatic carbocycles. The van der Waals surface area contributed by atoms with Crippen molar-refractivity contribution in [3.8, 4) is 0 Å². The molecule has 0 spiro atoms. The molecule has 2 saturated heterocycles. The Hall–Kier alpha value is -3.13. The lowest BCUT2D eigenvalue weighted by Gasteiger charge is -2.35. The van der Waals surface area contributed by atoms with Crippen molar-refractivity contribution < 1.29 is 13.9 Å². The van der Waals surface area contributed by atoms with Gasteiger partial charge in [0, 0.05) is 56.4 Å². The SMILES string of the molecule is Cc1cc(N2CCOCC2)nc(N2CCN(C(=O)c3cc4ccccc4o3)CC2)n1. The molecule has 2 aromatic heterocycles. The van der Waals surface area contributed by atoms with E-state index in [-0.39, 0.29) is 5.91 Å².